The number of H-pyrrole nitrogens is 1. The molecule has 0 saturated heterocycles. The molecule has 0 aliphatic heterocycles. The lowest BCUT2D eigenvalue weighted by molar-refractivity contribution is 0.804. The first-order chi connectivity index (χ1) is 5.16. The van der Waals surface area contributed by atoms with E-state index in [9.17, 15) is 0 Å². The van der Waals surface area contributed by atoms with E-state index >= 15 is 0 Å². The van der Waals surface area contributed by atoms with Crippen LogP contribution in [0.3, 0.4) is 0 Å². The monoisotopic (exact) mass is 153 g/mol. The van der Waals surface area contributed by atoms with Crippen molar-refractivity contribution in [1.82, 2.24) is 10.2 Å². The summed E-state index contributed by atoms with van der Waals surface area (Å²) < 4.78 is 0. The van der Waals surface area contributed by atoms with Crippen LogP contribution in [-0.4, -0.2) is 17.2 Å². The highest BCUT2D eigenvalue weighted by atomic mass is 15.2. The molecule has 0 bridgehead atoms. The molecule has 62 valence electrons. The molecule has 0 spiro atoms. The summed E-state index contributed by atoms with van der Waals surface area (Å²) in [5.74, 6) is 1.47. The zero-order chi connectivity index (χ0) is 8.43. The number of hydrogen-bond acceptors (Lipinski definition) is 2. The Morgan fingerprint density at radius 1 is 1.45 bits per heavy atom. The fourth-order valence-electron chi connectivity index (χ4n) is 1.22. The molecule has 1 aromatic heterocycles. The van der Waals surface area contributed by atoms with Gasteiger partial charge < -0.3 is 5.32 Å². The van der Waals surface area contributed by atoms with Crippen molar-refractivity contribution < 1.29 is 0 Å². The van der Waals surface area contributed by atoms with Gasteiger partial charge in [0.25, 0.3) is 0 Å². The maximum atomic E-state index is 4.12. The molecule has 0 aliphatic rings. The first-order valence-corrected chi connectivity index (χ1v) is 3.89. The van der Waals surface area contributed by atoms with Crippen LogP contribution >= 0.6 is 0 Å². The van der Waals surface area contributed by atoms with E-state index in [0.29, 0.717) is 5.92 Å². The highest BCUT2D eigenvalue weighted by Crippen LogP contribution is 2.21. The average molecular weight is 153 g/mol. The van der Waals surface area contributed by atoms with Crippen LogP contribution < -0.4 is 5.32 Å². The number of nitrogens with zero attached hydrogens (tertiary/aromatic N) is 1. The topological polar surface area (TPSA) is 40.7 Å². The summed E-state index contributed by atoms with van der Waals surface area (Å²) in [5, 5.41) is 10.2. The Balaban J connectivity index is 3.00. The van der Waals surface area contributed by atoms with Crippen LogP contribution in [0.15, 0.2) is 0 Å². The SMILES string of the molecule is CNc1n[nH]c(C(C)C)c1C. The zero-order valence-electron chi connectivity index (χ0n) is 7.52. The minimum absolute atomic E-state index is 0.518. The van der Waals surface area contributed by atoms with Crippen molar-refractivity contribution in [3.05, 3.63) is 11.3 Å². The fourth-order valence-corrected chi connectivity index (χ4v) is 1.22. The molecule has 0 amide bonds. The predicted octanol–water partition coefficient (Wildman–Crippen LogP) is 1.88. The van der Waals surface area contributed by atoms with Gasteiger partial charge in [-0.2, -0.15) is 5.10 Å². The number of hydrogen-bond donors (Lipinski definition) is 2. The number of rotatable bonds is 2. The van der Waals surface area contributed by atoms with Crippen LogP contribution in [0.1, 0.15) is 31.0 Å². The number of aromatic amines is 1. The number of aromatic nitrogens is 2. The molecule has 0 aromatic carbocycles. The van der Waals surface area contributed by atoms with Gasteiger partial charge in [-0.3, -0.25) is 5.10 Å². The Morgan fingerprint density at radius 3 is 2.36 bits per heavy atom. The molecule has 1 rings (SSSR count). The molecular weight excluding hydrogens is 138 g/mol. The summed E-state index contributed by atoms with van der Waals surface area (Å²) in [6.45, 7) is 6.38. The van der Waals surface area contributed by atoms with Crippen LogP contribution in [0.4, 0.5) is 5.82 Å². The molecule has 1 heterocycles. The van der Waals surface area contributed by atoms with Crippen molar-refractivity contribution in [2.75, 3.05) is 12.4 Å². The van der Waals surface area contributed by atoms with Crippen LogP contribution in [0.5, 0.6) is 0 Å². The second-order valence-corrected chi connectivity index (χ2v) is 3.02. The van der Waals surface area contributed by atoms with Crippen molar-refractivity contribution in [3.8, 4) is 0 Å². The van der Waals surface area contributed by atoms with Gasteiger partial charge >= 0.3 is 0 Å². The van der Waals surface area contributed by atoms with Crippen LogP contribution in [0.25, 0.3) is 0 Å². The predicted molar refractivity (Wildman–Crippen MR) is 47.0 cm³/mol. The normalized spacial score (nSPS) is 10.6. The highest BCUT2D eigenvalue weighted by molar-refractivity contribution is 5.45. The lowest BCUT2D eigenvalue weighted by Gasteiger charge is -2.01. The third-order valence-corrected chi connectivity index (χ3v) is 1.86. The fraction of sp³-hybridized carbons (Fsp3) is 0.625. The van der Waals surface area contributed by atoms with E-state index in [1.54, 1.807) is 0 Å². The first kappa shape index (κ1) is 8.11. The van der Waals surface area contributed by atoms with Crippen molar-refractivity contribution >= 4 is 5.82 Å². The molecule has 0 unspecified atom stereocenters. The van der Waals surface area contributed by atoms with Crippen LogP contribution in [0.2, 0.25) is 0 Å². The van der Waals surface area contributed by atoms with E-state index in [-0.39, 0.29) is 0 Å². The van der Waals surface area contributed by atoms with Crippen molar-refractivity contribution in [2.45, 2.75) is 26.7 Å². The second-order valence-electron chi connectivity index (χ2n) is 3.02. The van der Waals surface area contributed by atoms with Gasteiger partial charge in [-0.15, -0.1) is 0 Å². The molecule has 3 heteroatoms. The molecule has 0 fully saturated rings. The van der Waals surface area contributed by atoms with Crippen LogP contribution in [0, 0.1) is 6.92 Å². The average Bonchev–Trinajstić information content (AvgIpc) is 2.30. The van der Waals surface area contributed by atoms with Crippen molar-refractivity contribution in [3.63, 3.8) is 0 Å². The van der Waals surface area contributed by atoms with Gasteiger partial charge in [-0.1, -0.05) is 13.8 Å². The van der Waals surface area contributed by atoms with E-state index < -0.39 is 0 Å². The van der Waals surface area contributed by atoms with Crippen LogP contribution in [-0.2, 0) is 0 Å². The van der Waals surface area contributed by atoms with E-state index in [0.717, 1.165) is 5.82 Å². The molecule has 0 saturated carbocycles. The summed E-state index contributed by atoms with van der Waals surface area (Å²) >= 11 is 0. The number of anilines is 1. The largest absolute Gasteiger partial charge is 0.371 e. The minimum atomic E-state index is 0.518. The molecule has 3 nitrogen and oxygen atoms in total. The maximum absolute atomic E-state index is 4.12. The summed E-state index contributed by atoms with van der Waals surface area (Å²) in [4.78, 5) is 0. The highest BCUT2D eigenvalue weighted by Gasteiger charge is 2.09. The van der Waals surface area contributed by atoms with Crippen molar-refractivity contribution in [2.24, 2.45) is 0 Å². The van der Waals surface area contributed by atoms with Gasteiger partial charge in [-0.05, 0) is 12.8 Å². The van der Waals surface area contributed by atoms with Crippen molar-refractivity contribution in [1.29, 1.82) is 0 Å². The van der Waals surface area contributed by atoms with E-state index in [2.05, 4.69) is 36.3 Å². The van der Waals surface area contributed by atoms with E-state index in [1.807, 2.05) is 7.05 Å². The van der Waals surface area contributed by atoms with E-state index in [1.165, 1.54) is 11.3 Å². The Morgan fingerprint density at radius 2 is 2.09 bits per heavy atom. The molecule has 11 heavy (non-hydrogen) atoms. The van der Waals surface area contributed by atoms with Gasteiger partial charge in [0.1, 0.15) is 0 Å². The van der Waals surface area contributed by atoms with E-state index in [4.69, 9.17) is 0 Å². The summed E-state index contributed by atoms with van der Waals surface area (Å²) in [7, 11) is 1.88. The summed E-state index contributed by atoms with van der Waals surface area (Å²) in [5.41, 5.74) is 2.44. The third-order valence-electron chi connectivity index (χ3n) is 1.86. The maximum Gasteiger partial charge on any atom is 0.150 e. The van der Waals surface area contributed by atoms with Gasteiger partial charge in [0.2, 0.25) is 0 Å². The lowest BCUT2D eigenvalue weighted by Crippen LogP contribution is -1.92. The van der Waals surface area contributed by atoms with Gasteiger partial charge in [0.15, 0.2) is 5.82 Å². The van der Waals surface area contributed by atoms with Gasteiger partial charge in [-0.25, -0.2) is 0 Å². The second kappa shape index (κ2) is 2.95. The Bertz CT molecular complexity index is 237. The quantitative estimate of drug-likeness (QED) is 0.681. The van der Waals surface area contributed by atoms with Gasteiger partial charge in [0.05, 0.1) is 0 Å². The molecular formula is C8H15N3. The first-order valence-electron chi connectivity index (χ1n) is 3.89. The standard InChI is InChI=1S/C8H15N3/c1-5(2)7-6(3)8(9-4)11-10-7/h5H,1-4H3,(H2,9,10,11). The third kappa shape index (κ3) is 1.37. The lowest BCUT2D eigenvalue weighted by atomic mass is 10.1. The molecule has 0 aliphatic carbocycles. The minimum Gasteiger partial charge on any atom is -0.371 e. The molecule has 0 radical (unpaired) electrons. The molecule has 1 aromatic rings. The molecule has 0 atom stereocenters. The summed E-state index contributed by atoms with van der Waals surface area (Å²) in [6.07, 6.45) is 0. The Hall–Kier alpha value is -0.990. The smallest absolute Gasteiger partial charge is 0.150 e. The molecule has 2 N–H and O–H groups in total. The zero-order valence-corrected chi connectivity index (χ0v) is 7.52. The van der Waals surface area contributed by atoms with Gasteiger partial charge in [0, 0.05) is 18.3 Å². The number of nitrogens with one attached hydrogen (secondary N) is 2. The Labute approximate surface area is 67.2 Å². The Kier molecular flexibility index (Phi) is 2.17. The summed E-state index contributed by atoms with van der Waals surface area (Å²) in [6, 6.07) is 0.